The Kier molecular flexibility index (Phi) is 4.12. The third-order valence-electron chi connectivity index (χ3n) is 2.40. The number of aliphatic hydroxyl groups is 1. The number of nitrogens with one attached hydrogen (secondary N) is 2. The molecule has 6 nitrogen and oxygen atoms in total. The molecule has 0 aromatic rings. The van der Waals surface area contributed by atoms with E-state index in [-0.39, 0.29) is 6.61 Å². The van der Waals surface area contributed by atoms with Crippen LogP contribution in [0.5, 0.6) is 0 Å². The molecule has 1 unspecified atom stereocenters. The van der Waals surface area contributed by atoms with Gasteiger partial charge in [-0.3, -0.25) is 5.32 Å². The average Bonchev–Trinajstić information content (AvgIpc) is 2.25. The molecule has 3 N–H and O–H groups in total. The predicted octanol–water partition coefficient (Wildman–Crippen LogP) is -0.429. The summed E-state index contributed by atoms with van der Waals surface area (Å²) in [7, 11) is 5.67. The van der Waals surface area contributed by atoms with E-state index in [2.05, 4.69) is 20.6 Å². The van der Waals surface area contributed by atoms with Crippen LogP contribution < -0.4 is 10.6 Å². The third-order valence-corrected chi connectivity index (χ3v) is 2.40. The van der Waals surface area contributed by atoms with Gasteiger partial charge in [0.15, 0.2) is 11.6 Å². The van der Waals surface area contributed by atoms with E-state index in [1.165, 1.54) is 0 Å². The van der Waals surface area contributed by atoms with E-state index < -0.39 is 5.66 Å². The average molecular weight is 227 g/mol. The van der Waals surface area contributed by atoms with Crippen LogP contribution in [0.4, 0.5) is 0 Å². The fourth-order valence-corrected chi connectivity index (χ4v) is 1.51. The zero-order valence-electron chi connectivity index (χ0n) is 10.4. The first-order chi connectivity index (χ1) is 7.50. The minimum atomic E-state index is -0.494. The standard InChI is InChI=1S/C10H21N5O/c1-10(6-5-7-16)13-8(11-2)12-9(14-10)15(3)4/h16H,5-7H2,1-4H3,(H2,11,12,13,14). The van der Waals surface area contributed by atoms with Crippen LogP contribution in [0.25, 0.3) is 0 Å². The van der Waals surface area contributed by atoms with Crippen molar-refractivity contribution in [2.45, 2.75) is 25.4 Å². The number of rotatable bonds is 3. The molecule has 0 aromatic carbocycles. The maximum absolute atomic E-state index is 8.87. The number of aliphatic hydroxyl groups excluding tert-OH is 1. The van der Waals surface area contributed by atoms with Gasteiger partial charge in [0.1, 0.15) is 0 Å². The van der Waals surface area contributed by atoms with E-state index in [1.807, 2.05) is 33.0 Å². The lowest BCUT2D eigenvalue weighted by atomic mass is 10.1. The van der Waals surface area contributed by atoms with E-state index >= 15 is 0 Å². The maximum Gasteiger partial charge on any atom is 0.202 e. The maximum atomic E-state index is 8.87. The summed E-state index contributed by atoms with van der Waals surface area (Å²) in [5.41, 5.74) is -0.494. The summed E-state index contributed by atoms with van der Waals surface area (Å²) in [6, 6.07) is 0. The molecule has 6 heteroatoms. The van der Waals surface area contributed by atoms with Gasteiger partial charge in [-0.25, -0.2) is 9.98 Å². The van der Waals surface area contributed by atoms with Gasteiger partial charge in [0, 0.05) is 27.7 Å². The molecule has 0 aliphatic carbocycles. The van der Waals surface area contributed by atoms with Gasteiger partial charge in [-0.1, -0.05) is 0 Å². The Morgan fingerprint density at radius 3 is 2.62 bits per heavy atom. The van der Waals surface area contributed by atoms with Crippen LogP contribution in [0.3, 0.4) is 0 Å². The molecule has 0 fully saturated rings. The first-order valence-electron chi connectivity index (χ1n) is 5.43. The van der Waals surface area contributed by atoms with Crippen molar-refractivity contribution in [3.05, 3.63) is 0 Å². The molecule has 1 rings (SSSR count). The fraction of sp³-hybridized carbons (Fsp3) is 0.800. The molecular weight excluding hydrogens is 206 g/mol. The predicted molar refractivity (Wildman–Crippen MR) is 65.5 cm³/mol. The van der Waals surface area contributed by atoms with Crippen molar-refractivity contribution in [3.63, 3.8) is 0 Å². The van der Waals surface area contributed by atoms with Gasteiger partial charge in [-0.05, 0) is 19.8 Å². The molecule has 0 saturated carbocycles. The van der Waals surface area contributed by atoms with Crippen LogP contribution in [0.2, 0.25) is 0 Å². The van der Waals surface area contributed by atoms with E-state index in [1.54, 1.807) is 0 Å². The number of hydrogen-bond donors (Lipinski definition) is 3. The Morgan fingerprint density at radius 1 is 1.44 bits per heavy atom. The normalized spacial score (nSPS) is 24.3. The summed E-state index contributed by atoms with van der Waals surface area (Å²) in [5, 5.41) is 14.9. The van der Waals surface area contributed by atoms with Crippen molar-refractivity contribution < 1.29 is 5.11 Å². The van der Waals surface area contributed by atoms with Crippen LogP contribution in [0.1, 0.15) is 19.8 Å². The highest BCUT2D eigenvalue weighted by Gasteiger charge is 2.28. The summed E-state index contributed by atoms with van der Waals surface area (Å²) < 4.78 is 0. The van der Waals surface area contributed by atoms with Gasteiger partial charge in [-0.15, -0.1) is 0 Å². The smallest absolute Gasteiger partial charge is 0.202 e. The Balaban J connectivity index is 2.86. The van der Waals surface area contributed by atoms with Crippen LogP contribution >= 0.6 is 0 Å². The molecule has 1 atom stereocenters. The highest BCUT2D eigenvalue weighted by atomic mass is 16.2. The molecule has 0 saturated heterocycles. The molecular formula is C10H21N5O. The highest BCUT2D eigenvalue weighted by molar-refractivity contribution is 6.00. The monoisotopic (exact) mass is 227 g/mol. The van der Waals surface area contributed by atoms with Gasteiger partial charge in [0.05, 0.1) is 0 Å². The van der Waals surface area contributed by atoms with E-state index in [9.17, 15) is 0 Å². The minimum Gasteiger partial charge on any atom is -0.396 e. The molecule has 0 aromatic heterocycles. The summed E-state index contributed by atoms with van der Waals surface area (Å²) in [4.78, 5) is 10.9. The lowest BCUT2D eigenvalue weighted by Gasteiger charge is -2.31. The van der Waals surface area contributed by atoms with Crippen molar-refractivity contribution in [1.82, 2.24) is 15.5 Å². The highest BCUT2D eigenvalue weighted by Crippen LogP contribution is 2.21. The Bertz CT molecular complexity index is 300. The fourth-order valence-electron chi connectivity index (χ4n) is 1.51. The Morgan fingerprint density at radius 2 is 2.12 bits per heavy atom. The first kappa shape index (κ1) is 12.8. The van der Waals surface area contributed by atoms with Crippen LogP contribution in [-0.2, 0) is 0 Å². The van der Waals surface area contributed by atoms with Crippen LogP contribution in [-0.4, -0.2) is 55.3 Å². The van der Waals surface area contributed by atoms with Crippen LogP contribution in [0.15, 0.2) is 9.98 Å². The lowest BCUT2D eigenvalue weighted by molar-refractivity contribution is 0.266. The molecule has 1 heterocycles. The first-order valence-corrected chi connectivity index (χ1v) is 5.43. The van der Waals surface area contributed by atoms with Crippen molar-refractivity contribution in [3.8, 4) is 0 Å². The summed E-state index contributed by atoms with van der Waals surface area (Å²) in [6.07, 6.45) is 1.43. The summed E-state index contributed by atoms with van der Waals surface area (Å²) in [5.74, 6) is 1.49. The SMILES string of the molecule is CNC1=NC(C)(CCCO)N=C(N(C)C)N1. The van der Waals surface area contributed by atoms with E-state index in [0.29, 0.717) is 12.4 Å². The van der Waals surface area contributed by atoms with E-state index in [4.69, 9.17) is 5.11 Å². The van der Waals surface area contributed by atoms with Gasteiger partial charge >= 0.3 is 0 Å². The molecule has 0 bridgehead atoms. The topological polar surface area (TPSA) is 72.2 Å². The minimum absolute atomic E-state index is 0.167. The Hall–Kier alpha value is -1.30. The molecule has 16 heavy (non-hydrogen) atoms. The number of guanidine groups is 2. The lowest BCUT2D eigenvalue weighted by Crippen LogP contribution is -2.51. The zero-order valence-corrected chi connectivity index (χ0v) is 10.4. The molecule has 1 aliphatic heterocycles. The quantitative estimate of drug-likeness (QED) is 0.612. The van der Waals surface area contributed by atoms with E-state index in [0.717, 1.165) is 12.4 Å². The second kappa shape index (κ2) is 5.16. The van der Waals surface area contributed by atoms with Gasteiger partial charge in [-0.2, -0.15) is 0 Å². The summed E-state index contributed by atoms with van der Waals surface area (Å²) >= 11 is 0. The largest absolute Gasteiger partial charge is 0.396 e. The second-order valence-corrected chi connectivity index (χ2v) is 4.21. The van der Waals surface area contributed by atoms with Crippen molar-refractivity contribution in [2.24, 2.45) is 9.98 Å². The molecule has 0 spiro atoms. The molecule has 1 aliphatic rings. The van der Waals surface area contributed by atoms with Crippen molar-refractivity contribution >= 4 is 11.9 Å². The number of hydrogen-bond acceptors (Lipinski definition) is 6. The molecule has 0 amide bonds. The van der Waals surface area contributed by atoms with Crippen molar-refractivity contribution in [1.29, 1.82) is 0 Å². The molecule has 92 valence electrons. The summed E-state index contributed by atoms with van der Waals surface area (Å²) in [6.45, 7) is 2.13. The second-order valence-electron chi connectivity index (χ2n) is 4.21. The zero-order chi connectivity index (χ0) is 12.2. The van der Waals surface area contributed by atoms with Gasteiger partial charge in [0.2, 0.25) is 5.96 Å². The van der Waals surface area contributed by atoms with Crippen molar-refractivity contribution in [2.75, 3.05) is 27.7 Å². The number of nitrogens with zero attached hydrogens (tertiary/aromatic N) is 3. The third kappa shape index (κ3) is 3.10. The Labute approximate surface area is 96.5 Å². The van der Waals surface area contributed by atoms with Gasteiger partial charge < -0.3 is 15.3 Å². The van der Waals surface area contributed by atoms with Crippen LogP contribution in [0, 0.1) is 0 Å². The molecule has 0 radical (unpaired) electrons. The number of aliphatic imine (C=N–C) groups is 2. The van der Waals surface area contributed by atoms with Gasteiger partial charge in [0.25, 0.3) is 0 Å².